The van der Waals surface area contributed by atoms with Crippen LogP contribution in [0.1, 0.15) is 11.3 Å². The van der Waals surface area contributed by atoms with Crippen molar-refractivity contribution in [2.75, 3.05) is 0 Å². The largest absolute Gasteiger partial charge is 0.458 e. The number of nitrogens with one attached hydrogen (secondary N) is 2. The summed E-state index contributed by atoms with van der Waals surface area (Å²) in [6.07, 6.45) is 0. The van der Waals surface area contributed by atoms with E-state index in [9.17, 15) is 14.0 Å². The second kappa shape index (κ2) is 7.76. The molecule has 0 saturated carbocycles. The van der Waals surface area contributed by atoms with Crippen LogP contribution in [0, 0.1) is 5.82 Å². The van der Waals surface area contributed by atoms with Crippen molar-refractivity contribution in [3.05, 3.63) is 71.1 Å². The molecule has 0 aliphatic rings. The van der Waals surface area contributed by atoms with Gasteiger partial charge in [-0.15, -0.1) is 11.3 Å². The Balaban J connectivity index is 1.47. The van der Waals surface area contributed by atoms with Gasteiger partial charge in [0.25, 0.3) is 0 Å². The number of hydrogen-bond donors (Lipinski definition) is 2. The SMILES string of the molecule is O=C(NCc1ccc(F)cc1)C(=O)NCc1ccc(-c2cccs2)o1. The Morgan fingerprint density at radius 1 is 0.960 bits per heavy atom. The van der Waals surface area contributed by atoms with Crippen LogP contribution in [0.25, 0.3) is 10.6 Å². The van der Waals surface area contributed by atoms with Gasteiger partial charge in [-0.1, -0.05) is 18.2 Å². The molecule has 2 N–H and O–H groups in total. The van der Waals surface area contributed by atoms with Crippen LogP contribution in [0.5, 0.6) is 0 Å². The predicted molar refractivity (Wildman–Crippen MR) is 92.1 cm³/mol. The van der Waals surface area contributed by atoms with Crippen molar-refractivity contribution >= 4 is 23.2 Å². The van der Waals surface area contributed by atoms with Crippen LogP contribution in [0.4, 0.5) is 4.39 Å². The number of halogens is 1. The first-order chi connectivity index (χ1) is 12.1. The van der Waals surface area contributed by atoms with E-state index in [-0.39, 0.29) is 18.9 Å². The normalized spacial score (nSPS) is 10.4. The van der Waals surface area contributed by atoms with Crippen molar-refractivity contribution in [3.8, 4) is 10.6 Å². The molecule has 3 rings (SSSR count). The average molecular weight is 358 g/mol. The molecule has 0 aliphatic heterocycles. The number of carbonyl (C=O) groups excluding carboxylic acids is 2. The fraction of sp³-hybridized carbons (Fsp3) is 0.111. The molecule has 0 bridgehead atoms. The molecule has 7 heteroatoms. The summed E-state index contributed by atoms with van der Waals surface area (Å²) in [4.78, 5) is 24.6. The minimum absolute atomic E-state index is 0.119. The zero-order valence-electron chi connectivity index (χ0n) is 13.1. The molecule has 2 aromatic heterocycles. The van der Waals surface area contributed by atoms with Crippen LogP contribution < -0.4 is 10.6 Å². The van der Waals surface area contributed by atoms with E-state index >= 15 is 0 Å². The van der Waals surface area contributed by atoms with E-state index in [0.29, 0.717) is 11.3 Å². The van der Waals surface area contributed by atoms with Gasteiger partial charge in [-0.25, -0.2) is 4.39 Å². The van der Waals surface area contributed by atoms with E-state index < -0.39 is 11.8 Å². The van der Waals surface area contributed by atoms with Crippen LogP contribution in [0.2, 0.25) is 0 Å². The molecule has 0 fully saturated rings. The number of carbonyl (C=O) groups is 2. The maximum absolute atomic E-state index is 12.8. The highest BCUT2D eigenvalue weighted by Gasteiger charge is 2.14. The first-order valence-electron chi connectivity index (χ1n) is 7.55. The highest BCUT2D eigenvalue weighted by Crippen LogP contribution is 2.26. The number of rotatable bonds is 5. The van der Waals surface area contributed by atoms with E-state index in [4.69, 9.17) is 4.42 Å². The van der Waals surface area contributed by atoms with E-state index in [1.54, 1.807) is 29.5 Å². The van der Waals surface area contributed by atoms with Crippen molar-refractivity contribution in [3.63, 3.8) is 0 Å². The third-order valence-corrected chi connectivity index (χ3v) is 4.31. The zero-order chi connectivity index (χ0) is 17.6. The maximum Gasteiger partial charge on any atom is 0.309 e. The van der Waals surface area contributed by atoms with Crippen LogP contribution in [-0.2, 0) is 22.7 Å². The lowest BCUT2D eigenvalue weighted by molar-refractivity contribution is -0.139. The maximum atomic E-state index is 12.8. The third-order valence-electron chi connectivity index (χ3n) is 3.42. The van der Waals surface area contributed by atoms with Crippen LogP contribution in [0.15, 0.2) is 58.3 Å². The van der Waals surface area contributed by atoms with Gasteiger partial charge >= 0.3 is 11.8 Å². The highest BCUT2D eigenvalue weighted by molar-refractivity contribution is 7.13. The van der Waals surface area contributed by atoms with E-state index in [2.05, 4.69) is 10.6 Å². The first-order valence-corrected chi connectivity index (χ1v) is 8.43. The van der Waals surface area contributed by atoms with Gasteiger partial charge in [-0.2, -0.15) is 0 Å². The summed E-state index contributed by atoms with van der Waals surface area (Å²) in [6, 6.07) is 13.1. The van der Waals surface area contributed by atoms with Gasteiger partial charge in [0.05, 0.1) is 11.4 Å². The summed E-state index contributed by atoms with van der Waals surface area (Å²) in [6.45, 7) is 0.268. The summed E-state index contributed by atoms with van der Waals surface area (Å²) >= 11 is 1.56. The number of amides is 2. The Morgan fingerprint density at radius 2 is 1.68 bits per heavy atom. The molecule has 0 unspecified atom stereocenters. The van der Waals surface area contributed by atoms with Gasteiger partial charge < -0.3 is 15.1 Å². The van der Waals surface area contributed by atoms with Gasteiger partial charge in [0.1, 0.15) is 17.3 Å². The Labute approximate surface area is 147 Å². The average Bonchev–Trinajstić information content (AvgIpc) is 3.30. The molecule has 2 amide bonds. The summed E-state index contributed by atoms with van der Waals surface area (Å²) in [7, 11) is 0. The van der Waals surface area contributed by atoms with Gasteiger partial charge in [0, 0.05) is 6.54 Å². The summed E-state index contributed by atoms with van der Waals surface area (Å²) < 4.78 is 18.4. The molecular formula is C18H15FN2O3S. The van der Waals surface area contributed by atoms with E-state index in [1.807, 2.05) is 23.6 Å². The quantitative estimate of drug-likeness (QED) is 0.689. The van der Waals surface area contributed by atoms with Crippen molar-refractivity contribution < 1.29 is 18.4 Å². The molecule has 2 heterocycles. The Morgan fingerprint density at radius 3 is 2.36 bits per heavy atom. The number of thiophene rings is 1. The highest BCUT2D eigenvalue weighted by atomic mass is 32.1. The second-order valence-corrected chi connectivity index (χ2v) is 6.18. The lowest BCUT2D eigenvalue weighted by atomic mass is 10.2. The number of furan rings is 1. The third kappa shape index (κ3) is 4.54. The molecular weight excluding hydrogens is 343 g/mol. The summed E-state index contributed by atoms with van der Waals surface area (Å²) in [5.41, 5.74) is 0.703. The van der Waals surface area contributed by atoms with Crippen molar-refractivity contribution in [2.45, 2.75) is 13.1 Å². The number of hydrogen-bond acceptors (Lipinski definition) is 4. The van der Waals surface area contributed by atoms with Crippen LogP contribution in [0.3, 0.4) is 0 Å². The lowest BCUT2D eigenvalue weighted by Crippen LogP contribution is -2.39. The second-order valence-electron chi connectivity index (χ2n) is 5.24. The molecule has 0 aliphatic carbocycles. The minimum Gasteiger partial charge on any atom is -0.458 e. The molecule has 5 nitrogen and oxygen atoms in total. The van der Waals surface area contributed by atoms with E-state index in [1.165, 1.54) is 12.1 Å². The zero-order valence-corrected chi connectivity index (χ0v) is 13.9. The monoisotopic (exact) mass is 358 g/mol. The Bertz CT molecular complexity index is 857. The Kier molecular flexibility index (Phi) is 5.25. The van der Waals surface area contributed by atoms with Crippen LogP contribution >= 0.6 is 11.3 Å². The fourth-order valence-corrected chi connectivity index (χ4v) is 2.82. The standard InChI is InChI=1S/C18H15FN2O3S/c19-13-5-3-12(4-6-13)10-20-17(22)18(23)21-11-14-7-8-15(24-14)16-2-1-9-25-16/h1-9H,10-11H2,(H,20,22)(H,21,23). The molecule has 0 atom stereocenters. The molecule has 3 aromatic rings. The molecule has 0 saturated heterocycles. The predicted octanol–water partition coefficient (Wildman–Crippen LogP) is 3.08. The lowest BCUT2D eigenvalue weighted by Gasteiger charge is -2.05. The van der Waals surface area contributed by atoms with E-state index in [0.717, 1.165) is 10.6 Å². The van der Waals surface area contributed by atoms with Crippen molar-refractivity contribution in [1.82, 2.24) is 10.6 Å². The van der Waals surface area contributed by atoms with Gasteiger partial charge in [0.2, 0.25) is 0 Å². The molecule has 0 radical (unpaired) electrons. The Hall–Kier alpha value is -2.93. The molecule has 1 aromatic carbocycles. The molecule has 0 spiro atoms. The summed E-state index contributed by atoms with van der Waals surface area (Å²) in [5.74, 6) is -0.582. The van der Waals surface area contributed by atoms with Gasteiger partial charge in [-0.3, -0.25) is 9.59 Å². The smallest absolute Gasteiger partial charge is 0.309 e. The van der Waals surface area contributed by atoms with Crippen molar-refractivity contribution in [2.24, 2.45) is 0 Å². The van der Waals surface area contributed by atoms with Crippen molar-refractivity contribution in [1.29, 1.82) is 0 Å². The molecule has 128 valence electrons. The first kappa shape index (κ1) is 16.9. The van der Waals surface area contributed by atoms with Gasteiger partial charge in [-0.05, 0) is 41.3 Å². The summed E-state index contributed by atoms with van der Waals surface area (Å²) in [5, 5.41) is 6.93. The number of benzene rings is 1. The van der Waals surface area contributed by atoms with Gasteiger partial charge in [0.15, 0.2) is 0 Å². The van der Waals surface area contributed by atoms with Crippen LogP contribution in [-0.4, -0.2) is 11.8 Å². The fourth-order valence-electron chi connectivity index (χ4n) is 2.14. The minimum atomic E-state index is -0.755. The molecule has 25 heavy (non-hydrogen) atoms. The topological polar surface area (TPSA) is 71.3 Å².